The van der Waals surface area contributed by atoms with Crippen molar-refractivity contribution >= 4 is 37.3 Å². The van der Waals surface area contributed by atoms with Crippen LogP contribution in [0, 0.1) is 0 Å². The van der Waals surface area contributed by atoms with Gasteiger partial charge in [-0.2, -0.15) is 4.31 Å². The molecule has 1 amide bonds. The monoisotopic (exact) mass is 552 g/mol. The largest absolute Gasteiger partial charge is 0.495 e. The molecule has 2 N–H and O–H groups in total. The molecule has 0 aromatic heterocycles. The van der Waals surface area contributed by atoms with Gasteiger partial charge in [0.25, 0.3) is 0 Å². The summed E-state index contributed by atoms with van der Waals surface area (Å²) >= 11 is 0. The highest BCUT2D eigenvalue weighted by Crippen LogP contribution is 2.32. The highest BCUT2D eigenvalue weighted by Gasteiger charge is 2.30. The maximum absolute atomic E-state index is 13.2. The van der Waals surface area contributed by atoms with Gasteiger partial charge in [0, 0.05) is 51.9 Å². The third kappa shape index (κ3) is 6.41. The molecule has 2 aromatic carbocycles. The minimum Gasteiger partial charge on any atom is -0.495 e. The van der Waals surface area contributed by atoms with Crippen molar-refractivity contribution in [2.75, 3.05) is 56.7 Å². The number of piperazine rings is 1. The van der Waals surface area contributed by atoms with Crippen molar-refractivity contribution in [3.63, 3.8) is 0 Å². The highest BCUT2D eigenvalue weighted by atomic mass is 32.2. The summed E-state index contributed by atoms with van der Waals surface area (Å²) in [6, 6.07) is 10.7. The molecule has 0 unspecified atom stereocenters. The minimum atomic E-state index is -3.76. The zero-order chi connectivity index (χ0) is 26.6. The summed E-state index contributed by atoms with van der Waals surface area (Å²) in [6.07, 6.45) is 1.62. The predicted molar refractivity (Wildman–Crippen MR) is 139 cm³/mol. The van der Waals surface area contributed by atoms with Gasteiger partial charge in [-0.3, -0.25) is 4.79 Å². The van der Waals surface area contributed by atoms with E-state index in [1.807, 2.05) is 4.90 Å². The van der Waals surface area contributed by atoms with Crippen LogP contribution in [0.3, 0.4) is 0 Å². The molecule has 0 radical (unpaired) electrons. The average Bonchev–Trinajstić information content (AvgIpc) is 3.41. The first-order chi connectivity index (χ1) is 17.6. The fraction of sp³-hybridized carbons (Fsp3) is 0.458. The van der Waals surface area contributed by atoms with Crippen LogP contribution in [0.2, 0.25) is 0 Å². The van der Waals surface area contributed by atoms with Crippen LogP contribution in [0.25, 0.3) is 0 Å². The number of amides is 1. The molecule has 0 aliphatic carbocycles. The first-order valence-electron chi connectivity index (χ1n) is 12.0. The number of rotatable bonds is 9. The number of benzene rings is 2. The number of nitrogens with zero attached hydrogens (tertiary/aromatic N) is 2. The molecule has 2 aromatic rings. The van der Waals surface area contributed by atoms with Gasteiger partial charge in [0.05, 0.1) is 28.7 Å². The molecule has 2 saturated heterocycles. The summed E-state index contributed by atoms with van der Waals surface area (Å²) in [4.78, 5) is 13.4. The van der Waals surface area contributed by atoms with Crippen molar-refractivity contribution < 1.29 is 31.1 Å². The molecule has 2 aliphatic heterocycles. The summed E-state index contributed by atoms with van der Waals surface area (Å²) in [7, 11) is -5.98. The number of nitrogens with one attached hydrogen (secondary N) is 2. The average molecular weight is 553 g/mol. The van der Waals surface area contributed by atoms with E-state index >= 15 is 0 Å². The summed E-state index contributed by atoms with van der Waals surface area (Å²) < 4.78 is 67.1. The van der Waals surface area contributed by atoms with Crippen LogP contribution in [0.15, 0.2) is 52.3 Å². The van der Waals surface area contributed by atoms with Crippen molar-refractivity contribution in [1.29, 1.82) is 0 Å². The lowest BCUT2D eigenvalue weighted by atomic mass is 10.2. The summed E-state index contributed by atoms with van der Waals surface area (Å²) in [6.45, 7) is 3.38. The van der Waals surface area contributed by atoms with Gasteiger partial charge >= 0.3 is 0 Å². The van der Waals surface area contributed by atoms with Crippen molar-refractivity contribution in [2.45, 2.75) is 35.7 Å². The number of anilines is 2. The van der Waals surface area contributed by atoms with Gasteiger partial charge in [-0.1, -0.05) is 0 Å². The van der Waals surface area contributed by atoms with Crippen LogP contribution in [0.1, 0.15) is 19.8 Å². The molecule has 2 heterocycles. The molecule has 11 nitrogen and oxygen atoms in total. The van der Waals surface area contributed by atoms with E-state index in [-0.39, 0.29) is 41.4 Å². The Hall–Kier alpha value is -2.71. The number of sulfonamides is 2. The van der Waals surface area contributed by atoms with Crippen molar-refractivity contribution in [1.82, 2.24) is 9.03 Å². The minimum absolute atomic E-state index is 0.107. The Kier molecular flexibility index (Phi) is 8.39. The van der Waals surface area contributed by atoms with E-state index in [2.05, 4.69) is 10.0 Å². The molecular weight excluding hydrogens is 520 g/mol. The first-order valence-corrected chi connectivity index (χ1v) is 14.9. The zero-order valence-corrected chi connectivity index (χ0v) is 22.5. The Balaban J connectivity index is 1.45. The van der Waals surface area contributed by atoms with E-state index in [0.717, 1.165) is 12.8 Å². The van der Waals surface area contributed by atoms with Crippen LogP contribution >= 0.6 is 0 Å². The molecule has 2 aliphatic rings. The predicted octanol–water partition coefficient (Wildman–Crippen LogP) is 1.62. The maximum Gasteiger partial charge on any atom is 0.243 e. The Morgan fingerprint density at radius 1 is 1.03 bits per heavy atom. The first kappa shape index (κ1) is 27.3. The highest BCUT2D eigenvalue weighted by molar-refractivity contribution is 7.89. The number of carbonyl (C=O) groups excluding carboxylic acids is 1. The fourth-order valence-electron chi connectivity index (χ4n) is 4.41. The van der Waals surface area contributed by atoms with Crippen molar-refractivity contribution in [2.24, 2.45) is 0 Å². The molecule has 0 saturated carbocycles. The van der Waals surface area contributed by atoms with E-state index in [4.69, 9.17) is 9.47 Å². The molecule has 1 atom stereocenters. The number of ether oxygens (including phenoxy) is 2. The van der Waals surface area contributed by atoms with E-state index < -0.39 is 20.0 Å². The quantitative estimate of drug-likeness (QED) is 0.479. The third-order valence-corrected chi connectivity index (χ3v) is 9.71. The Bertz CT molecular complexity index is 1320. The molecule has 0 bridgehead atoms. The Labute approximate surface area is 217 Å². The van der Waals surface area contributed by atoms with Gasteiger partial charge in [0.15, 0.2) is 0 Å². The lowest BCUT2D eigenvalue weighted by Gasteiger charge is -2.36. The number of hydrogen-bond acceptors (Lipinski definition) is 8. The van der Waals surface area contributed by atoms with Crippen LogP contribution in [-0.2, 0) is 29.6 Å². The number of hydrogen-bond donors (Lipinski definition) is 2. The molecular formula is C24H32N4O7S2. The smallest absolute Gasteiger partial charge is 0.243 e. The molecule has 2 fully saturated rings. The van der Waals surface area contributed by atoms with Crippen LogP contribution in [0.4, 0.5) is 11.4 Å². The Morgan fingerprint density at radius 3 is 2.30 bits per heavy atom. The van der Waals surface area contributed by atoms with Gasteiger partial charge in [-0.05, 0) is 55.3 Å². The summed E-state index contributed by atoms with van der Waals surface area (Å²) in [5.41, 5.74) is 1.10. The van der Waals surface area contributed by atoms with Gasteiger partial charge < -0.3 is 19.7 Å². The number of methoxy groups -OCH3 is 1. The molecule has 202 valence electrons. The second-order valence-corrected chi connectivity index (χ2v) is 12.6. The maximum atomic E-state index is 13.2. The van der Waals surface area contributed by atoms with E-state index in [1.165, 1.54) is 36.5 Å². The standard InChI is InChI=1S/C24H32N4O7S2/c1-18(29)26-19-5-7-21(8-6-19)37(32,33)28-13-11-27(12-14-28)23-16-22(9-10-24(23)34-2)36(30,31)25-17-20-4-3-15-35-20/h5-10,16,20,25H,3-4,11-15,17H2,1-2H3,(H,26,29)/t20-/m0/s1. The van der Waals surface area contributed by atoms with Gasteiger partial charge in [0.1, 0.15) is 5.75 Å². The van der Waals surface area contributed by atoms with Gasteiger partial charge in [0.2, 0.25) is 26.0 Å². The second-order valence-electron chi connectivity index (χ2n) is 8.92. The van der Waals surface area contributed by atoms with Crippen LogP contribution < -0.4 is 19.7 Å². The lowest BCUT2D eigenvalue weighted by Crippen LogP contribution is -2.48. The lowest BCUT2D eigenvalue weighted by molar-refractivity contribution is -0.114. The van der Waals surface area contributed by atoms with Crippen LogP contribution in [0.5, 0.6) is 5.75 Å². The van der Waals surface area contributed by atoms with E-state index in [9.17, 15) is 21.6 Å². The van der Waals surface area contributed by atoms with E-state index in [1.54, 1.807) is 24.3 Å². The SMILES string of the molecule is COc1ccc(S(=O)(=O)NC[C@@H]2CCCO2)cc1N1CCN(S(=O)(=O)c2ccc(NC(C)=O)cc2)CC1. The van der Waals surface area contributed by atoms with Crippen molar-refractivity contribution in [3.05, 3.63) is 42.5 Å². The normalized spacial score (nSPS) is 19.1. The zero-order valence-electron chi connectivity index (χ0n) is 20.8. The van der Waals surface area contributed by atoms with Gasteiger partial charge in [-0.25, -0.2) is 21.6 Å². The third-order valence-electron chi connectivity index (χ3n) is 6.38. The number of carbonyl (C=O) groups is 1. The summed E-state index contributed by atoms with van der Waals surface area (Å²) in [5, 5.41) is 2.62. The molecule has 0 spiro atoms. The summed E-state index contributed by atoms with van der Waals surface area (Å²) in [5.74, 6) is 0.264. The second kappa shape index (κ2) is 11.4. The molecule has 4 rings (SSSR count). The fourth-order valence-corrected chi connectivity index (χ4v) is 6.92. The molecule has 37 heavy (non-hydrogen) atoms. The molecule has 13 heteroatoms. The topological polar surface area (TPSA) is 134 Å². The van der Waals surface area contributed by atoms with Crippen LogP contribution in [-0.4, -0.2) is 79.6 Å². The Morgan fingerprint density at radius 2 is 1.70 bits per heavy atom. The van der Waals surface area contributed by atoms with Crippen molar-refractivity contribution in [3.8, 4) is 5.75 Å². The van der Waals surface area contributed by atoms with Gasteiger partial charge in [-0.15, -0.1) is 0 Å². The van der Waals surface area contributed by atoms with E-state index in [0.29, 0.717) is 36.8 Å².